The molecule has 0 saturated carbocycles. The zero-order valence-corrected chi connectivity index (χ0v) is 10.7. The van der Waals surface area contributed by atoms with Crippen molar-refractivity contribution in [3.8, 4) is 0 Å². The summed E-state index contributed by atoms with van der Waals surface area (Å²) in [6.45, 7) is 4.35. The number of rotatable bonds is 5. The molecular formula is C12H20N2O3. The molecule has 0 radical (unpaired) electrons. The van der Waals surface area contributed by atoms with Crippen LogP contribution < -0.4 is 0 Å². The second-order valence-electron chi connectivity index (χ2n) is 4.57. The summed E-state index contributed by atoms with van der Waals surface area (Å²) < 4.78 is 15.9. The lowest BCUT2D eigenvalue weighted by Crippen LogP contribution is -2.32. The van der Waals surface area contributed by atoms with Crippen LogP contribution in [-0.4, -0.2) is 49.6 Å². The van der Waals surface area contributed by atoms with Crippen molar-refractivity contribution in [1.82, 2.24) is 10.1 Å². The van der Waals surface area contributed by atoms with Gasteiger partial charge in [-0.15, -0.1) is 0 Å². The van der Waals surface area contributed by atoms with Crippen LogP contribution in [0.15, 0.2) is 10.6 Å². The van der Waals surface area contributed by atoms with Gasteiger partial charge < -0.3 is 14.0 Å². The summed E-state index contributed by atoms with van der Waals surface area (Å²) in [4.78, 5) is 2.33. The standard InChI is InChI=1S/C12H20N2O3/c1-9-4-12(17-13-9)7-14-6-11(16-3)5-10(14)8-15-2/h4,10-11H,5-8H2,1-3H3/t10-,11+/m0/s1. The molecule has 0 spiro atoms. The average molecular weight is 240 g/mol. The van der Waals surface area contributed by atoms with E-state index in [1.165, 1.54) is 0 Å². The Balaban J connectivity index is 1.97. The number of hydrogen-bond acceptors (Lipinski definition) is 5. The third-order valence-corrected chi connectivity index (χ3v) is 3.22. The predicted molar refractivity (Wildman–Crippen MR) is 62.7 cm³/mol. The van der Waals surface area contributed by atoms with Crippen LogP contribution in [0.1, 0.15) is 17.9 Å². The van der Waals surface area contributed by atoms with Crippen LogP contribution in [-0.2, 0) is 16.0 Å². The minimum Gasteiger partial charge on any atom is -0.383 e. The highest BCUT2D eigenvalue weighted by molar-refractivity contribution is 5.04. The van der Waals surface area contributed by atoms with Crippen LogP contribution in [0.4, 0.5) is 0 Å². The van der Waals surface area contributed by atoms with Crippen LogP contribution in [0.25, 0.3) is 0 Å². The fourth-order valence-corrected chi connectivity index (χ4v) is 2.36. The summed E-state index contributed by atoms with van der Waals surface area (Å²) in [7, 11) is 3.49. The number of methoxy groups -OCH3 is 2. The average Bonchev–Trinajstić information content (AvgIpc) is 2.87. The number of aromatic nitrogens is 1. The van der Waals surface area contributed by atoms with Crippen molar-refractivity contribution in [2.45, 2.75) is 32.0 Å². The molecule has 1 aliphatic rings. The molecule has 1 aliphatic heterocycles. The second kappa shape index (κ2) is 5.62. The fraction of sp³-hybridized carbons (Fsp3) is 0.750. The van der Waals surface area contributed by atoms with Crippen molar-refractivity contribution >= 4 is 0 Å². The smallest absolute Gasteiger partial charge is 0.150 e. The lowest BCUT2D eigenvalue weighted by molar-refractivity contribution is 0.101. The number of nitrogens with zero attached hydrogens (tertiary/aromatic N) is 2. The SMILES string of the molecule is COC[C@@H]1C[C@@H](OC)CN1Cc1cc(C)no1. The van der Waals surface area contributed by atoms with E-state index in [9.17, 15) is 0 Å². The highest BCUT2D eigenvalue weighted by atomic mass is 16.5. The van der Waals surface area contributed by atoms with Crippen molar-refractivity contribution in [3.63, 3.8) is 0 Å². The van der Waals surface area contributed by atoms with Gasteiger partial charge in [0.2, 0.25) is 0 Å². The largest absolute Gasteiger partial charge is 0.383 e. The van der Waals surface area contributed by atoms with Crippen LogP contribution in [0, 0.1) is 6.92 Å². The van der Waals surface area contributed by atoms with Gasteiger partial charge in [0.1, 0.15) is 0 Å². The maximum absolute atomic E-state index is 5.42. The van der Waals surface area contributed by atoms with E-state index < -0.39 is 0 Å². The molecule has 2 rings (SSSR count). The maximum Gasteiger partial charge on any atom is 0.150 e. The van der Waals surface area contributed by atoms with E-state index in [2.05, 4.69) is 10.1 Å². The van der Waals surface area contributed by atoms with Gasteiger partial charge in [-0.25, -0.2) is 0 Å². The van der Waals surface area contributed by atoms with Crippen LogP contribution in [0.3, 0.4) is 0 Å². The molecule has 1 aromatic rings. The van der Waals surface area contributed by atoms with Gasteiger partial charge >= 0.3 is 0 Å². The van der Waals surface area contributed by atoms with Gasteiger partial charge in [-0.2, -0.15) is 0 Å². The Morgan fingerprint density at radius 1 is 1.53 bits per heavy atom. The molecule has 1 aromatic heterocycles. The zero-order valence-electron chi connectivity index (χ0n) is 10.7. The molecule has 0 aromatic carbocycles. The topological polar surface area (TPSA) is 47.7 Å². The van der Waals surface area contributed by atoms with E-state index >= 15 is 0 Å². The number of hydrogen-bond donors (Lipinski definition) is 0. The molecule has 0 bridgehead atoms. The molecule has 17 heavy (non-hydrogen) atoms. The van der Waals surface area contributed by atoms with E-state index in [0.717, 1.165) is 37.6 Å². The number of ether oxygens (including phenoxy) is 2. The normalized spacial score (nSPS) is 25.6. The molecule has 2 heterocycles. The monoisotopic (exact) mass is 240 g/mol. The molecule has 1 saturated heterocycles. The Hall–Kier alpha value is -0.910. The van der Waals surface area contributed by atoms with Crippen LogP contribution in [0.5, 0.6) is 0 Å². The van der Waals surface area contributed by atoms with Gasteiger partial charge in [0.05, 0.1) is 24.9 Å². The lowest BCUT2D eigenvalue weighted by Gasteiger charge is -2.21. The van der Waals surface area contributed by atoms with Crippen molar-refractivity contribution in [3.05, 3.63) is 17.5 Å². The Bertz CT molecular complexity index is 353. The van der Waals surface area contributed by atoms with Crippen LogP contribution >= 0.6 is 0 Å². The van der Waals surface area contributed by atoms with Crippen molar-refractivity contribution in [2.24, 2.45) is 0 Å². The van der Waals surface area contributed by atoms with E-state index in [1.807, 2.05) is 13.0 Å². The molecule has 0 N–H and O–H groups in total. The van der Waals surface area contributed by atoms with E-state index in [0.29, 0.717) is 12.1 Å². The number of aryl methyl sites for hydroxylation is 1. The van der Waals surface area contributed by atoms with Gasteiger partial charge in [0.25, 0.3) is 0 Å². The second-order valence-corrected chi connectivity index (χ2v) is 4.57. The molecule has 1 fully saturated rings. The third-order valence-electron chi connectivity index (χ3n) is 3.22. The summed E-state index contributed by atoms with van der Waals surface area (Å²) in [5.74, 6) is 0.903. The molecule has 2 atom stereocenters. The minimum atomic E-state index is 0.291. The Kier molecular flexibility index (Phi) is 4.15. The van der Waals surface area contributed by atoms with Gasteiger partial charge in [-0.1, -0.05) is 5.16 Å². The Morgan fingerprint density at radius 3 is 2.94 bits per heavy atom. The predicted octanol–water partition coefficient (Wildman–Crippen LogP) is 1.22. The first kappa shape index (κ1) is 12.5. The first-order chi connectivity index (χ1) is 8.22. The summed E-state index contributed by atoms with van der Waals surface area (Å²) in [6.07, 6.45) is 1.30. The quantitative estimate of drug-likeness (QED) is 0.774. The van der Waals surface area contributed by atoms with Crippen LogP contribution in [0.2, 0.25) is 0 Å². The van der Waals surface area contributed by atoms with Crippen molar-refractivity contribution < 1.29 is 14.0 Å². The molecular weight excluding hydrogens is 220 g/mol. The van der Waals surface area contributed by atoms with E-state index in [1.54, 1.807) is 14.2 Å². The van der Waals surface area contributed by atoms with E-state index in [-0.39, 0.29) is 0 Å². The molecule has 0 aliphatic carbocycles. The molecule has 0 amide bonds. The van der Waals surface area contributed by atoms with Crippen molar-refractivity contribution in [1.29, 1.82) is 0 Å². The molecule has 5 nitrogen and oxygen atoms in total. The van der Waals surface area contributed by atoms with Gasteiger partial charge in [0.15, 0.2) is 5.76 Å². The highest BCUT2D eigenvalue weighted by Gasteiger charge is 2.32. The van der Waals surface area contributed by atoms with E-state index in [4.69, 9.17) is 14.0 Å². The highest BCUT2D eigenvalue weighted by Crippen LogP contribution is 2.22. The first-order valence-electron chi connectivity index (χ1n) is 5.91. The summed E-state index contributed by atoms with van der Waals surface area (Å²) in [5, 5.41) is 3.90. The molecule has 5 heteroatoms. The lowest BCUT2D eigenvalue weighted by atomic mass is 10.2. The van der Waals surface area contributed by atoms with Gasteiger partial charge in [0, 0.05) is 32.9 Å². The third kappa shape index (κ3) is 3.06. The Morgan fingerprint density at radius 2 is 2.35 bits per heavy atom. The number of likely N-dealkylation sites (tertiary alicyclic amines) is 1. The maximum atomic E-state index is 5.42. The Labute approximate surface area is 102 Å². The van der Waals surface area contributed by atoms with Gasteiger partial charge in [-0.05, 0) is 13.3 Å². The summed E-state index contributed by atoms with van der Waals surface area (Å²) >= 11 is 0. The fourth-order valence-electron chi connectivity index (χ4n) is 2.36. The van der Waals surface area contributed by atoms with Gasteiger partial charge in [-0.3, -0.25) is 4.90 Å². The summed E-state index contributed by atoms with van der Waals surface area (Å²) in [5.41, 5.74) is 0.922. The zero-order chi connectivity index (χ0) is 12.3. The minimum absolute atomic E-state index is 0.291. The summed E-state index contributed by atoms with van der Waals surface area (Å²) in [6, 6.07) is 2.37. The van der Waals surface area contributed by atoms with Crippen molar-refractivity contribution in [2.75, 3.05) is 27.4 Å². The first-order valence-corrected chi connectivity index (χ1v) is 5.91. The molecule has 0 unspecified atom stereocenters. The molecule has 96 valence electrons.